The van der Waals surface area contributed by atoms with Crippen LogP contribution in [0.1, 0.15) is 26.2 Å². The van der Waals surface area contributed by atoms with Crippen molar-refractivity contribution in [2.75, 3.05) is 6.54 Å². The van der Waals surface area contributed by atoms with Crippen molar-refractivity contribution in [1.82, 2.24) is 0 Å². The molecule has 0 aromatic heterocycles. The average molecular weight is 323 g/mol. The fourth-order valence-corrected chi connectivity index (χ4v) is 6.81. The van der Waals surface area contributed by atoms with Gasteiger partial charge in [-0.1, -0.05) is 90.4 Å². The molecule has 2 nitrogen and oxygen atoms in total. The summed E-state index contributed by atoms with van der Waals surface area (Å²) in [6.07, 6.45) is 3.66. The van der Waals surface area contributed by atoms with E-state index in [2.05, 4.69) is 77.8 Å². The predicted octanol–water partition coefficient (Wildman–Crippen LogP) is 3.67. The molecule has 2 aromatic rings. The topological polar surface area (TPSA) is 24.7 Å². The number of benzene rings is 2. The van der Waals surface area contributed by atoms with Gasteiger partial charge in [-0.05, 0) is 12.8 Å². The van der Waals surface area contributed by atoms with Gasteiger partial charge in [-0.25, -0.2) is 0 Å². The van der Waals surface area contributed by atoms with E-state index in [0.717, 1.165) is 6.54 Å². The van der Waals surface area contributed by atoms with Crippen molar-refractivity contribution in [1.29, 1.82) is 0 Å². The maximum Gasteiger partial charge on any atom is 0.103 e. The first-order valence-corrected chi connectivity index (χ1v) is 10.8. The van der Waals surface area contributed by atoms with Crippen molar-refractivity contribution < 1.29 is 0 Å². The van der Waals surface area contributed by atoms with Crippen molar-refractivity contribution in [3.8, 4) is 0 Å². The van der Waals surface area contributed by atoms with Gasteiger partial charge in [-0.15, -0.1) is 0 Å². The van der Waals surface area contributed by atoms with Gasteiger partial charge >= 0.3 is 0 Å². The van der Waals surface area contributed by atoms with Gasteiger partial charge in [0.25, 0.3) is 0 Å². The lowest BCUT2D eigenvalue weighted by Gasteiger charge is -2.20. The van der Waals surface area contributed by atoms with Crippen LogP contribution in [0, 0.1) is 5.92 Å². The zero-order valence-electron chi connectivity index (χ0n) is 13.9. The molecular formula is C20H26N2Si. The second-order valence-corrected chi connectivity index (χ2v) is 9.52. The maximum atomic E-state index is 4.47. The molecule has 0 bridgehead atoms. The molecule has 120 valence electrons. The zero-order valence-corrected chi connectivity index (χ0v) is 15.1. The minimum Gasteiger partial charge on any atom is -0.194 e. The summed E-state index contributed by atoms with van der Waals surface area (Å²) in [5.74, 6) is 0.664. The van der Waals surface area contributed by atoms with Crippen LogP contribution in [0.25, 0.3) is 0 Å². The van der Waals surface area contributed by atoms with Gasteiger partial charge in [-0.2, -0.15) is 10.2 Å². The van der Waals surface area contributed by atoms with Crippen molar-refractivity contribution in [3.63, 3.8) is 0 Å². The molecule has 23 heavy (non-hydrogen) atoms. The smallest absolute Gasteiger partial charge is 0.103 e. The van der Waals surface area contributed by atoms with E-state index in [4.69, 9.17) is 0 Å². The maximum absolute atomic E-state index is 4.47. The minimum atomic E-state index is -1.14. The molecule has 3 rings (SSSR count). The first-order chi connectivity index (χ1) is 11.4. The lowest BCUT2D eigenvalue weighted by atomic mass is 9.95. The van der Waals surface area contributed by atoms with Crippen molar-refractivity contribution >= 4 is 19.2 Å². The van der Waals surface area contributed by atoms with E-state index in [-0.39, 0.29) is 0 Å². The number of hydrogen-bond acceptors (Lipinski definition) is 2. The molecule has 0 amide bonds. The Kier molecular flexibility index (Phi) is 5.75. The SMILES string of the molecule is CCC[C@H]1N=NC[C@@H]1CC[SiH](c1ccccc1)c1ccccc1. The molecule has 2 aromatic carbocycles. The molecule has 0 unspecified atom stereocenters. The van der Waals surface area contributed by atoms with Crippen molar-refractivity contribution in [2.45, 2.75) is 38.3 Å². The van der Waals surface area contributed by atoms with Crippen LogP contribution in [-0.2, 0) is 0 Å². The number of rotatable bonds is 7. The second-order valence-electron chi connectivity index (χ2n) is 6.51. The molecule has 0 saturated carbocycles. The number of nitrogens with zero attached hydrogens (tertiary/aromatic N) is 2. The van der Waals surface area contributed by atoms with Gasteiger partial charge in [0.05, 0.1) is 12.6 Å². The lowest BCUT2D eigenvalue weighted by molar-refractivity contribution is 0.440. The molecule has 3 heteroatoms. The molecular weight excluding hydrogens is 296 g/mol. The first kappa shape index (κ1) is 16.1. The van der Waals surface area contributed by atoms with Gasteiger partial charge in [0.1, 0.15) is 8.80 Å². The van der Waals surface area contributed by atoms with Gasteiger partial charge in [0.15, 0.2) is 0 Å². The molecule has 0 spiro atoms. The molecule has 1 aliphatic rings. The summed E-state index contributed by atoms with van der Waals surface area (Å²) in [6.45, 7) is 3.19. The van der Waals surface area contributed by atoms with Gasteiger partial charge < -0.3 is 0 Å². The number of azo groups is 1. The molecule has 0 N–H and O–H groups in total. The average Bonchev–Trinajstić information content (AvgIpc) is 3.05. The van der Waals surface area contributed by atoms with E-state index >= 15 is 0 Å². The third kappa shape index (κ3) is 4.17. The molecule has 0 fully saturated rings. The van der Waals surface area contributed by atoms with Crippen LogP contribution in [0.3, 0.4) is 0 Å². The Balaban J connectivity index is 1.72. The van der Waals surface area contributed by atoms with E-state index in [1.165, 1.54) is 25.3 Å². The Bertz CT molecular complexity index is 573. The third-order valence-electron chi connectivity index (χ3n) is 4.90. The zero-order chi connectivity index (χ0) is 15.9. The summed E-state index contributed by atoms with van der Waals surface area (Å²) in [5, 5.41) is 11.9. The van der Waals surface area contributed by atoms with E-state index in [0.29, 0.717) is 12.0 Å². The lowest BCUT2D eigenvalue weighted by Crippen LogP contribution is -2.42. The van der Waals surface area contributed by atoms with E-state index in [9.17, 15) is 0 Å². The molecule has 0 saturated heterocycles. The standard InChI is InChI=1S/C20H26N2Si/c1-2-9-20-17(16-21-22-20)14-15-23(18-10-5-3-6-11-18)19-12-7-4-8-13-19/h3-8,10-13,17,20,23H,2,9,14-16H2,1H3/t17-,20+/m0/s1. The van der Waals surface area contributed by atoms with Gasteiger partial charge in [-0.3, -0.25) is 0 Å². The Morgan fingerprint density at radius 2 is 1.52 bits per heavy atom. The molecule has 0 aliphatic carbocycles. The Morgan fingerprint density at radius 1 is 0.913 bits per heavy atom. The highest BCUT2D eigenvalue weighted by Crippen LogP contribution is 2.25. The van der Waals surface area contributed by atoms with Crippen LogP contribution < -0.4 is 10.4 Å². The van der Waals surface area contributed by atoms with Crippen LogP contribution in [0.5, 0.6) is 0 Å². The van der Waals surface area contributed by atoms with Crippen LogP contribution in [0.2, 0.25) is 6.04 Å². The fourth-order valence-electron chi connectivity index (χ4n) is 3.62. The Morgan fingerprint density at radius 3 is 2.09 bits per heavy atom. The summed E-state index contributed by atoms with van der Waals surface area (Å²) < 4.78 is 0. The molecule has 2 atom stereocenters. The van der Waals surface area contributed by atoms with E-state index in [1.54, 1.807) is 10.4 Å². The Hall–Kier alpha value is -1.74. The summed E-state index contributed by atoms with van der Waals surface area (Å²) in [6, 6.07) is 24.0. The van der Waals surface area contributed by atoms with Gasteiger partial charge in [0, 0.05) is 5.92 Å². The largest absolute Gasteiger partial charge is 0.194 e. The summed E-state index contributed by atoms with van der Waals surface area (Å²) in [7, 11) is -1.14. The normalized spacial score (nSPS) is 20.3. The molecule has 0 radical (unpaired) electrons. The van der Waals surface area contributed by atoms with Gasteiger partial charge in [0.2, 0.25) is 0 Å². The highest BCUT2D eigenvalue weighted by molar-refractivity contribution is 6.85. The molecule has 1 heterocycles. The van der Waals surface area contributed by atoms with E-state index < -0.39 is 8.80 Å². The predicted molar refractivity (Wildman–Crippen MR) is 101 cm³/mol. The first-order valence-electron chi connectivity index (χ1n) is 8.85. The van der Waals surface area contributed by atoms with E-state index in [1.807, 2.05) is 0 Å². The molecule has 1 aliphatic heterocycles. The van der Waals surface area contributed by atoms with Crippen LogP contribution >= 0.6 is 0 Å². The second kappa shape index (κ2) is 8.21. The third-order valence-corrected chi connectivity index (χ3v) is 8.19. The summed E-state index contributed by atoms with van der Waals surface area (Å²) in [4.78, 5) is 0. The van der Waals surface area contributed by atoms with Crippen LogP contribution in [0.15, 0.2) is 70.9 Å². The highest BCUT2D eigenvalue weighted by Gasteiger charge is 2.27. The van der Waals surface area contributed by atoms with Crippen molar-refractivity contribution in [2.24, 2.45) is 16.1 Å². The number of hydrogen-bond donors (Lipinski definition) is 0. The summed E-state index contributed by atoms with van der Waals surface area (Å²) >= 11 is 0. The van der Waals surface area contributed by atoms with Crippen LogP contribution in [-0.4, -0.2) is 21.4 Å². The fraction of sp³-hybridized carbons (Fsp3) is 0.400. The monoisotopic (exact) mass is 322 g/mol. The minimum absolute atomic E-state index is 0.473. The Labute approximate surface area is 141 Å². The summed E-state index contributed by atoms with van der Waals surface area (Å²) in [5.41, 5.74) is 0. The van der Waals surface area contributed by atoms with Crippen LogP contribution in [0.4, 0.5) is 0 Å². The highest BCUT2D eigenvalue weighted by atomic mass is 28.3. The quantitative estimate of drug-likeness (QED) is 0.695. The van der Waals surface area contributed by atoms with Crippen molar-refractivity contribution in [3.05, 3.63) is 60.7 Å².